The Labute approximate surface area is 126 Å². The molecule has 0 aliphatic rings. The van der Waals surface area contributed by atoms with E-state index in [-0.39, 0.29) is 12.4 Å². The largest absolute Gasteiger partial charge is 0.490 e. The van der Waals surface area contributed by atoms with Crippen LogP contribution in [0.4, 0.5) is 5.69 Å². The molecule has 0 saturated heterocycles. The summed E-state index contributed by atoms with van der Waals surface area (Å²) in [6.07, 6.45) is 0.884. The number of aliphatic hydroxyl groups excluding tert-OH is 1. The minimum Gasteiger partial charge on any atom is -0.490 e. The van der Waals surface area contributed by atoms with E-state index in [1.54, 1.807) is 18.2 Å². The van der Waals surface area contributed by atoms with E-state index in [0.29, 0.717) is 43.2 Å². The van der Waals surface area contributed by atoms with E-state index < -0.39 is 10.0 Å². The average Bonchev–Trinajstić information content (AvgIpc) is 2.42. The summed E-state index contributed by atoms with van der Waals surface area (Å²) in [4.78, 5) is 0. The van der Waals surface area contributed by atoms with Gasteiger partial charge >= 0.3 is 0 Å². The van der Waals surface area contributed by atoms with Crippen LogP contribution in [0.1, 0.15) is 26.7 Å². The Morgan fingerprint density at radius 2 is 1.76 bits per heavy atom. The molecule has 1 aromatic rings. The highest BCUT2D eigenvalue weighted by Crippen LogP contribution is 2.31. The van der Waals surface area contributed by atoms with Gasteiger partial charge in [-0.05, 0) is 38.8 Å². The lowest BCUT2D eigenvalue weighted by Crippen LogP contribution is -2.17. The number of hydrogen-bond donors (Lipinski definition) is 2. The van der Waals surface area contributed by atoms with Gasteiger partial charge in [-0.15, -0.1) is 0 Å². The highest BCUT2D eigenvalue weighted by molar-refractivity contribution is 7.92. The molecule has 0 aliphatic heterocycles. The van der Waals surface area contributed by atoms with Gasteiger partial charge in [0.05, 0.1) is 24.7 Å². The van der Waals surface area contributed by atoms with Crippen molar-refractivity contribution >= 4 is 15.7 Å². The fourth-order valence-electron chi connectivity index (χ4n) is 1.75. The predicted molar refractivity (Wildman–Crippen MR) is 82.5 cm³/mol. The zero-order valence-electron chi connectivity index (χ0n) is 12.5. The van der Waals surface area contributed by atoms with Crippen LogP contribution in [0.25, 0.3) is 0 Å². The van der Waals surface area contributed by atoms with Gasteiger partial charge in [0.2, 0.25) is 10.0 Å². The minimum atomic E-state index is -3.42. The van der Waals surface area contributed by atoms with Crippen LogP contribution in [-0.4, -0.2) is 39.1 Å². The topological polar surface area (TPSA) is 84.9 Å². The molecule has 0 saturated carbocycles. The summed E-state index contributed by atoms with van der Waals surface area (Å²) in [6.45, 7) is 4.68. The highest BCUT2D eigenvalue weighted by atomic mass is 32.2. The fraction of sp³-hybridized carbons (Fsp3) is 0.571. The highest BCUT2D eigenvalue weighted by Gasteiger charge is 2.12. The minimum absolute atomic E-state index is 0.00688. The molecular weight excluding hydrogens is 294 g/mol. The molecule has 120 valence electrons. The van der Waals surface area contributed by atoms with Crippen LogP contribution in [0.15, 0.2) is 18.2 Å². The molecule has 2 N–H and O–H groups in total. The zero-order valence-corrected chi connectivity index (χ0v) is 13.3. The van der Waals surface area contributed by atoms with Gasteiger partial charge in [-0.2, -0.15) is 0 Å². The maximum absolute atomic E-state index is 11.9. The van der Waals surface area contributed by atoms with E-state index in [9.17, 15) is 8.42 Å². The number of rotatable bonds is 10. The SMILES string of the molecule is CCOc1ccc(NS(=O)(=O)CCCCO)cc1OCC. The number of hydrogen-bond acceptors (Lipinski definition) is 5. The number of aliphatic hydroxyl groups is 1. The molecule has 6 nitrogen and oxygen atoms in total. The summed E-state index contributed by atoms with van der Waals surface area (Å²) in [6, 6.07) is 4.93. The first-order chi connectivity index (χ1) is 10.0. The van der Waals surface area contributed by atoms with Gasteiger partial charge in [-0.25, -0.2) is 8.42 Å². The van der Waals surface area contributed by atoms with Gasteiger partial charge in [0.15, 0.2) is 11.5 Å². The predicted octanol–water partition coefficient (Wildman–Crippen LogP) is 2.00. The third-order valence-electron chi connectivity index (χ3n) is 2.64. The lowest BCUT2D eigenvalue weighted by atomic mass is 10.3. The Morgan fingerprint density at radius 1 is 1.10 bits per heavy atom. The molecule has 0 fully saturated rings. The van der Waals surface area contributed by atoms with Crippen LogP contribution in [0, 0.1) is 0 Å². The molecule has 0 spiro atoms. The van der Waals surface area contributed by atoms with Crippen molar-refractivity contribution in [2.75, 3.05) is 30.3 Å². The number of sulfonamides is 1. The number of anilines is 1. The molecule has 0 aliphatic carbocycles. The Balaban J connectivity index is 2.81. The lowest BCUT2D eigenvalue weighted by molar-refractivity contribution is 0.287. The number of unbranched alkanes of at least 4 members (excludes halogenated alkanes) is 1. The Morgan fingerprint density at radius 3 is 2.38 bits per heavy atom. The van der Waals surface area contributed by atoms with Crippen molar-refractivity contribution in [3.63, 3.8) is 0 Å². The Hall–Kier alpha value is -1.47. The van der Waals surface area contributed by atoms with Crippen LogP contribution in [0.3, 0.4) is 0 Å². The lowest BCUT2D eigenvalue weighted by Gasteiger charge is -2.13. The quantitative estimate of drug-likeness (QED) is 0.645. The van der Waals surface area contributed by atoms with E-state index in [2.05, 4.69) is 4.72 Å². The van der Waals surface area contributed by atoms with Crippen LogP contribution in [0.5, 0.6) is 11.5 Å². The molecule has 7 heteroatoms. The molecule has 0 bridgehead atoms. The van der Waals surface area contributed by atoms with Gasteiger partial charge in [0.25, 0.3) is 0 Å². The van der Waals surface area contributed by atoms with Crippen molar-refractivity contribution in [2.45, 2.75) is 26.7 Å². The average molecular weight is 317 g/mol. The Kier molecular flexibility index (Phi) is 7.31. The molecule has 21 heavy (non-hydrogen) atoms. The van der Waals surface area contributed by atoms with Gasteiger partial charge in [-0.1, -0.05) is 0 Å². The summed E-state index contributed by atoms with van der Waals surface area (Å²) in [5.41, 5.74) is 0.436. The zero-order chi connectivity index (χ0) is 15.7. The fourth-order valence-corrected chi connectivity index (χ4v) is 2.92. The molecule has 0 unspecified atom stereocenters. The number of benzene rings is 1. The smallest absolute Gasteiger partial charge is 0.232 e. The third-order valence-corrected chi connectivity index (χ3v) is 4.01. The maximum atomic E-state index is 11.9. The number of nitrogens with one attached hydrogen (secondary N) is 1. The van der Waals surface area contributed by atoms with Crippen LogP contribution in [-0.2, 0) is 10.0 Å². The van der Waals surface area contributed by atoms with Crippen molar-refractivity contribution in [3.8, 4) is 11.5 Å². The van der Waals surface area contributed by atoms with E-state index >= 15 is 0 Å². The second-order valence-electron chi connectivity index (χ2n) is 4.38. The van der Waals surface area contributed by atoms with Crippen molar-refractivity contribution in [2.24, 2.45) is 0 Å². The molecule has 0 amide bonds. The van der Waals surface area contributed by atoms with Crippen molar-refractivity contribution < 1.29 is 23.0 Å². The second-order valence-corrected chi connectivity index (χ2v) is 6.22. The number of ether oxygens (including phenoxy) is 2. The molecule has 0 atom stereocenters. The summed E-state index contributed by atoms with van der Waals surface area (Å²) >= 11 is 0. The van der Waals surface area contributed by atoms with Crippen LogP contribution >= 0.6 is 0 Å². The van der Waals surface area contributed by atoms with Crippen LogP contribution in [0.2, 0.25) is 0 Å². The first-order valence-electron chi connectivity index (χ1n) is 7.03. The first kappa shape index (κ1) is 17.6. The standard InChI is InChI=1S/C14H23NO5S/c1-3-19-13-8-7-12(11-14(13)20-4-2)15-21(17,18)10-6-5-9-16/h7-8,11,15-16H,3-6,9-10H2,1-2H3. The monoisotopic (exact) mass is 317 g/mol. The van der Waals surface area contributed by atoms with Crippen molar-refractivity contribution in [1.82, 2.24) is 0 Å². The third kappa shape index (κ3) is 6.22. The first-order valence-corrected chi connectivity index (χ1v) is 8.68. The summed E-state index contributed by atoms with van der Waals surface area (Å²) in [7, 11) is -3.42. The second kappa shape index (κ2) is 8.74. The summed E-state index contributed by atoms with van der Waals surface area (Å²) in [5.74, 6) is 1.07. The van der Waals surface area contributed by atoms with Gasteiger partial charge in [0.1, 0.15) is 0 Å². The molecule has 0 aromatic heterocycles. The molecule has 0 heterocycles. The summed E-state index contributed by atoms with van der Waals surface area (Å²) in [5, 5.41) is 8.68. The van der Waals surface area contributed by atoms with Gasteiger partial charge in [0, 0.05) is 12.7 Å². The maximum Gasteiger partial charge on any atom is 0.232 e. The normalized spacial score (nSPS) is 11.2. The Bertz CT molecular complexity index is 530. The summed E-state index contributed by atoms with van der Waals surface area (Å²) < 4.78 is 37.2. The van der Waals surface area contributed by atoms with Crippen molar-refractivity contribution in [3.05, 3.63) is 18.2 Å². The van der Waals surface area contributed by atoms with Gasteiger partial charge < -0.3 is 14.6 Å². The molecule has 1 aromatic carbocycles. The molecular formula is C14H23NO5S. The van der Waals surface area contributed by atoms with E-state index in [1.807, 2.05) is 13.8 Å². The molecule has 1 rings (SSSR count). The van der Waals surface area contributed by atoms with E-state index in [1.165, 1.54) is 0 Å². The van der Waals surface area contributed by atoms with E-state index in [4.69, 9.17) is 14.6 Å². The van der Waals surface area contributed by atoms with Gasteiger partial charge in [-0.3, -0.25) is 4.72 Å². The van der Waals surface area contributed by atoms with E-state index in [0.717, 1.165) is 0 Å². The molecule has 0 radical (unpaired) electrons. The van der Waals surface area contributed by atoms with Crippen LogP contribution < -0.4 is 14.2 Å². The van der Waals surface area contributed by atoms with Crippen molar-refractivity contribution in [1.29, 1.82) is 0 Å².